The van der Waals surface area contributed by atoms with Crippen LogP contribution in [0.4, 0.5) is 0 Å². The Kier molecular flexibility index (Phi) is 3.36. The number of fused-ring (bicyclic) bond motifs is 5. The summed E-state index contributed by atoms with van der Waals surface area (Å²) in [5.74, 6) is 0. The van der Waals surface area contributed by atoms with E-state index >= 15 is 0 Å². The largest absolute Gasteiger partial charge is 0.0616 e. The molecule has 0 spiro atoms. The highest BCUT2D eigenvalue weighted by molar-refractivity contribution is 9.10. The summed E-state index contributed by atoms with van der Waals surface area (Å²) in [6.07, 6.45) is 0. The van der Waals surface area contributed by atoms with Crippen molar-refractivity contribution in [2.45, 2.75) is 0 Å². The highest BCUT2D eigenvalue weighted by Crippen LogP contribution is 2.38. The van der Waals surface area contributed by atoms with Crippen molar-refractivity contribution in [1.82, 2.24) is 0 Å². The zero-order chi connectivity index (χ0) is 16.8. The van der Waals surface area contributed by atoms with Gasteiger partial charge in [0.25, 0.3) is 0 Å². The second kappa shape index (κ2) is 5.72. The lowest BCUT2D eigenvalue weighted by Crippen LogP contribution is -1.86. The molecule has 5 rings (SSSR count). The summed E-state index contributed by atoms with van der Waals surface area (Å²) in [4.78, 5) is 0. The Morgan fingerprint density at radius 1 is 0.480 bits per heavy atom. The molecule has 0 nitrogen and oxygen atoms in total. The van der Waals surface area contributed by atoms with Crippen LogP contribution in [0, 0.1) is 0 Å². The molecule has 0 unspecified atom stereocenters. The summed E-state index contributed by atoms with van der Waals surface area (Å²) in [5.41, 5.74) is 2.51. The Bertz CT molecular complexity index is 1250. The van der Waals surface area contributed by atoms with Gasteiger partial charge < -0.3 is 0 Å². The molecular formula is C24H15Br. The van der Waals surface area contributed by atoms with E-state index in [-0.39, 0.29) is 0 Å². The van der Waals surface area contributed by atoms with Crippen molar-refractivity contribution in [2.75, 3.05) is 0 Å². The van der Waals surface area contributed by atoms with Crippen LogP contribution in [0.3, 0.4) is 0 Å². The van der Waals surface area contributed by atoms with E-state index in [1.54, 1.807) is 0 Å². The van der Waals surface area contributed by atoms with Gasteiger partial charge in [0.05, 0.1) is 0 Å². The second-order valence-corrected chi connectivity index (χ2v) is 7.28. The van der Waals surface area contributed by atoms with Crippen molar-refractivity contribution < 1.29 is 0 Å². The van der Waals surface area contributed by atoms with E-state index in [9.17, 15) is 0 Å². The van der Waals surface area contributed by atoms with Crippen molar-refractivity contribution in [3.8, 4) is 11.1 Å². The van der Waals surface area contributed by atoms with Crippen LogP contribution in [0.2, 0.25) is 0 Å². The fraction of sp³-hybridized carbons (Fsp3) is 0. The molecular weight excluding hydrogens is 368 g/mol. The van der Waals surface area contributed by atoms with Gasteiger partial charge in [0.1, 0.15) is 0 Å². The van der Waals surface area contributed by atoms with E-state index in [0.29, 0.717) is 0 Å². The third kappa shape index (κ3) is 2.35. The van der Waals surface area contributed by atoms with E-state index in [0.717, 1.165) is 4.47 Å². The van der Waals surface area contributed by atoms with Gasteiger partial charge in [-0.3, -0.25) is 0 Å². The lowest BCUT2D eigenvalue weighted by molar-refractivity contribution is 1.63. The number of halogens is 1. The molecule has 5 aromatic rings. The average Bonchev–Trinajstić information content (AvgIpc) is 2.67. The Hall–Kier alpha value is -2.64. The molecule has 118 valence electrons. The first-order valence-electron chi connectivity index (χ1n) is 8.40. The molecule has 0 heterocycles. The van der Waals surface area contributed by atoms with Crippen LogP contribution in [0.15, 0.2) is 95.5 Å². The highest BCUT2D eigenvalue weighted by Gasteiger charge is 2.10. The molecule has 0 N–H and O–H groups in total. The van der Waals surface area contributed by atoms with Crippen LogP contribution in [-0.2, 0) is 0 Å². The van der Waals surface area contributed by atoms with Gasteiger partial charge in [0.2, 0.25) is 0 Å². The third-order valence-electron chi connectivity index (χ3n) is 4.90. The number of hydrogen-bond acceptors (Lipinski definition) is 0. The molecule has 5 aromatic carbocycles. The minimum Gasteiger partial charge on any atom is -0.0616 e. The topological polar surface area (TPSA) is 0 Å². The normalized spacial score (nSPS) is 11.4. The van der Waals surface area contributed by atoms with Gasteiger partial charge in [0.15, 0.2) is 0 Å². The molecule has 0 amide bonds. The summed E-state index contributed by atoms with van der Waals surface area (Å²) in [5, 5.41) is 7.82. The summed E-state index contributed by atoms with van der Waals surface area (Å²) < 4.78 is 1.10. The molecule has 0 fully saturated rings. The van der Waals surface area contributed by atoms with Crippen molar-refractivity contribution in [1.29, 1.82) is 0 Å². The zero-order valence-electron chi connectivity index (χ0n) is 13.5. The van der Waals surface area contributed by atoms with Crippen LogP contribution in [0.25, 0.3) is 43.4 Å². The lowest BCUT2D eigenvalue weighted by atomic mass is 9.91. The maximum atomic E-state index is 3.61. The van der Waals surface area contributed by atoms with Crippen LogP contribution < -0.4 is 0 Å². The molecule has 0 atom stereocenters. The van der Waals surface area contributed by atoms with Crippen molar-refractivity contribution in [2.24, 2.45) is 0 Å². The molecule has 0 bridgehead atoms. The summed E-state index contributed by atoms with van der Waals surface area (Å²) in [6, 6.07) is 32.7. The maximum absolute atomic E-state index is 3.61. The molecule has 25 heavy (non-hydrogen) atoms. The van der Waals surface area contributed by atoms with Gasteiger partial charge in [-0.25, -0.2) is 0 Å². The van der Waals surface area contributed by atoms with Crippen LogP contribution >= 0.6 is 15.9 Å². The molecule has 0 saturated heterocycles. The zero-order valence-corrected chi connectivity index (χ0v) is 15.1. The standard InChI is InChI=1S/C24H15Br/c25-18-8-5-7-17(14-18)23-15-24-19-9-2-1-6-16(19)12-13-22(24)20-10-3-4-11-21(20)23/h1-15H. The molecule has 0 aliphatic heterocycles. The van der Waals surface area contributed by atoms with Crippen molar-refractivity contribution >= 4 is 48.2 Å². The van der Waals surface area contributed by atoms with Crippen molar-refractivity contribution in [3.05, 3.63) is 95.5 Å². The molecule has 0 radical (unpaired) electrons. The minimum absolute atomic E-state index is 1.10. The quantitative estimate of drug-likeness (QED) is 0.262. The average molecular weight is 383 g/mol. The first-order valence-corrected chi connectivity index (χ1v) is 9.20. The van der Waals surface area contributed by atoms with E-state index in [1.165, 1.54) is 43.4 Å². The minimum atomic E-state index is 1.10. The fourth-order valence-electron chi connectivity index (χ4n) is 3.76. The first-order chi connectivity index (χ1) is 12.3. The molecule has 0 aromatic heterocycles. The van der Waals surface area contributed by atoms with E-state index < -0.39 is 0 Å². The molecule has 1 heteroatoms. The monoisotopic (exact) mass is 382 g/mol. The number of hydrogen-bond donors (Lipinski definition) is 0. The van der Waals surface area contributed by atoms with Gasteiger partial charge in [0, 0.05) is 4.47 Å². The fourth-order valence-corrected chi connectivity index (χ4v) is 4.15. The molecule has 0 aliphatic carbocycles. The smallest absolute Gasteiger partial charge is 0.0181 e. The Morgan fingerprint density at radius 3 is 2.04 bits per heavy atom. The van der Waals surface area contributed by atoms with E-state index in [4.69, 9.17) is 0 Å². The summed E-state index contributed by atoms with van der Waals surface area (Å²) in [7, 11) is 0. The van der Waals surface area contributed by atoms with Gasteiger partial charge in [-0.05, 0) is 61.6 Å². The van der Waals surface area contributed by atoms with Gasteiger partial charge in [-0.15, -0.1) is 0 Å². The van der Waals surface area contributed by atoms with E-state index in [1.807, 2.05) is 0 Å². The maximum Gasteiger partial charge on any atom is 0.0181 e. The SMILES string of the molecule is Brc1cccc(-c2cc3c4ccccc4ccc3c3ccccc23)c1. The van der Waals surface area contributed by atoms with Crippen LogP contribution in [-0.4, -0.2) is 0 Å². The third-order valence-corrected chi connectivity index (χ3v) is 5.40. The van der Waals surface area contributed by atoms with E-state index in [2.05, 4.69) is 107 Å². The predicted octanol–water partition coefficient (Wildman–Crippen LogP) is 7.58. The highest BCUT2D eigenvalue weighted by atomic mass is 79.9. The van der Waals surface area contributed by atoms with Gasteiger partial charge in [-0.1, -0.05) is 88.7 Å². The summed E-state index contributed by atoms with van der Waals surface area (Å²) in [6.45, 7) is 0. The van der Waals surface area contributed by atoms with Gasteiger partial charge >= 0.3 is 0 Å². The first kappa shape index (κ1) is 14.7. The molecule has 0 saturated carbocycles. The van der Waals surface area contributed by atoms with Crippen LogP contribution in [0.5, 0.6) is 0 Å². The predicted molar refractivity (Wildman–Crippen MR) is 112 cm³/mol. The Morgan fingerprint density at radius 2 is 1.20 bits per heavy atom. The summed E-state index contributed by atoms with van der Waals surface area (Å²) >= 11 is 3.61. The Balaban J connectivity index is 2.00. The number of benzene rings is 5. The second-order valence-electron chi connectivity index (χ2n) is 6.36. The van der Waals surface area contributed by atoms with Crippen LogP contribution in [0.1, 0.15) is 0 Å². The lowest BCUT2D eigenvalue weighted by Gasteiger charge is -2.13. The Labute approximate surface area is 154 Å². The number of rotatable bonds is 1. The molecule has 0 aliphatic rings. The van der Waals surface area contributed by atoms with Gasteiger partial charge in [-0.2, -0.15) is 0 Å². The van der Waals surface area contributed by atoms with Crippen molar-refractivity contribution in [3.63, 3.8) is 0 Å².